The molecule has 2 rings (SSSR count). The maximum atomic E-state index is 9.11. The third-order valence-corrected chi connectivity index (χ3v) is 4.08. The topological polar surface area (TPSA) is 39.1 Å². The van der Waals surface area contributed by atoms with Crippen LogP contribution in [0.4, 0.5) is 0 Å². The van der Waals surface area contributed by atoms with Gasteiger partial charge >= 0.3 is 0 Å². The van der Waals surface area contributed by atoms with Crippen LogP contribution in [0.5, 0.6) is 0 Å². The Hall–Kier alpha value is -1.37. The maximum Gasteiger partial charge on any atom is 0.0641 e. The van der Waals surface area contributed by atoms with Crippen LogP contribution in [0.3, 0.4) is 0 Å². The van der Waals surface area contributed by atoms with Crippen LogP contribution >= 0.6 is 0 Å². The smallest absolute Gasteiger partial charge is 0.0641 e. The highest BCUT2D eigenvalue weighted by atomic mass is 15.2. The maximum absolute atomic E-state index is 9.11. The van der Waals surface area contributed by atoms with Gasteiger partial charge in [-0.15, -0.1) is 0 Å². The molecule has 2 unspecified atom stereocenters. The largest absolute Gasteiger partial charge is 0.317 e. The van der Waals surface area contributed by atoms with Gasteiger partial charge in [-0.25, -0.2) is 0 Å². The number of benzene rings is 1. The molecule has 1 heterocycles. The van der Waals surface area contributed by atoms with E-state index in [-0.39, 0.29) is 6.04 Å². The molecule has 102 valence electrons. The number of nitrogens with zero attached hydrogens (tertiary/aromatic N) is 2. The average molecular weight is 257 g/mol. The van der Waals surface area contributed by atoms with Crippen LogP contribution in [0, 0.1) is 11.3 Å². The van der Waals surface area contributed by atoms with Gasteiger partial charge in [0.05, 0.1) is 12.5 Å². The van der Waals surface area contributed by atoms with Crippen LogP contribution in [-0.2, 0) is 0 Å². The summed E-state index contributed by atoms with van der Waals surface area (Å²) in [6, 6.07) is 13.5. The van der Waals surface area contributed by atoms with Crippen molar-refractivity contribution in [1.82, 2.24) is 10.2 Å². The number of hydrogen-bond donors (Lipinski definition) is 1. The van der Waals surface area contributed by atoms with Gasteiger partial charge in [0.15, 0.2) is 0 Å². The quantitative estimate of drug-likeness (QED) is 0.901. The van der Waals surface area contributed by atoms with E-state index in [0.29, 0.717) is 12.5 Å². The summed E-state index contributed by atoms with van der Waals surface area (Å²) in [5.41, 5.74) is 1.25. The fourth-order valence-corrected chi connectivity index (χ4v) is 2.92. The first-order chi connectivity index (χ1) is 9.33. The molecule has 0 amide bonds. The molecule has 1 aromatic carbocycles. The first kappa shape index (κ1) is 14.0. The summed E-state index contributed by atoms with van der Waals surface area (Å²) in [7, 11) is 2.17. The third kappa shape index (κ3) is 3.79. The zero-order chi connectivity index (χ0) is 13.5. The molecule has 1 aromatic rings. The zero-order valence-corrected chi connectivity index (χ0v) is 11.7. The highest BCUT2D eigenvalue weighted by Crippen LogP contribution is 2.27. The lowest BCUT2D eigenvalue weighted by atomic mass is 9.99. The molecule has 1 aliphatic rings. The predicted octanol–water partition coefficient (Wildman–Crippen LogP) is 2.72. The van der Waals surface area contributed by atoms with E-state index in [0.717, 1.165) is 13.1 Å². The Morgan fingerprint density at radius 2 is 2.11 bits per heavy atom. The molecule has 19 heavy (non-hydrogen) atoms. The molecule has 1 fully saturated rings. The van der Waals surface area contributed by atoms with E-state index >= 15 is 0 Å². The summed E-state index contributed by atoms with van der Waals surface area (Å²) in [5.74, 6) is 0. The summed E-state index contributed by atoms with van der Waals surface area (Å²) >= 11 is 0. The number of nitriles is 1. The van der Waals surface area contributed by atoms with E-state index in [1.165, 1.54) is 24.8 Å². The standard InChI is InChI=1S/C16H23N3/c1-19(15-8-5-12-18-13-10-15)16(9-11-17)14-6-3-2-4-7-14/h2-4,6-7,15-16,18H,5,8-10,12-13H2,1H3. The Kier molecular flexibility index (Phi) is 5.38. The van der Waals surface area contributed by atoms with Crippen molar-refractivity contribution in [2.45, 2.75) is 37.8 Å². The fraction of sp³-hybridized carbons (Fsp3) is 0.562. The van der Waals surface area contributed by atoms with Crippen molar-refractivity contribution in [3.8, 4) is 6.07 Å². The molecular formula is C16H23N3. The summed E-state index contributed by atoms with van der Waals surface area (Å²) in [6.07, 6.45) is 4.18. The molecule has 2 atom stereocenters. The molecule has 0 saturated carbocycles. The minimum atomic E-state index is 0.217. The third-order valence-electron chi connectivity index (χ3n) is 4.08. The number of hydrogen-bond acceptors (Lipinski definition) is 3. The monoisotopic (exact) mass is 257 g/mol. The van der Waals surface area contributed by atoms with Gasteiger partial charge in [0, 0.05) is 12.1 Å². The molecule has 0 aliphatic carbocycles. The van der Waals surface area contributed by atoms with E-state index in [1.807, 2.05) is 6.07 Å². The second kappa shape index (κ2) is 7.28. The minimum Gasteiger partial charge on any atom is -0.317 e. The Balaban J connectivity index is 2.11. The molecule has 1 N–H and O–H groups in total. The first-order valence-electron chi connectivity index (χ1n) is 7.17. The lowest BCUT2D eigenvalue weighted by molar-refractivity contribution is 0.162. The van der Waals surface area contributed by atoms with Gasteiger partial charge in [0.2, 0.25) is 0 Å². The number of rotatable bonds is 4. The van der Waals surface area contributed by atoms with Crippen LogP contribution in [-0.4, -0.2) is 31.1 Å². The summed E-state index contributed by atoms with van der Waals surface area (Å²) in [6.45, 7) is 2.21. The summed E-state index contributed by atoms with van der Waals surface area (Å²) < 4.78 is 0. The second-order valence-corrected chi connectivity index (χ2v) is 5.29. The van der Waals surface area contributed by atoms with Gasteiger partial charge in [0.25, 0.3) is 0 Å². The number of nitrogens with one attached hydrogen (secondary N) is 1. The predicted molar refractivity (Wildman–Crippen MR) is 77.7 cm³/mol. The van der Waals surface area contributed by atoms with Crippen LogP contribution in [0.2, 0.25) is 0 Å². The zero-order valence-electron chi connectivity index (χ0n) is 11.7. The Morgan fingerprint density at radius 3 is 2.84 bits per heavy atom. The molecule has 1 aliphatic heterocycles. The minimum absolute atomic E-state index is 0.217. The lowest BCUT2D eigenvalue weighted by Gasteiger charge is -2.33. The second-order valence-electron chi connectivity index (χ2n) is 5.29. The Labute approximate surface area is 116 Å². The Bertz CT molecular complexity index is 402. The van der Waals surface area contributed by atoms with Crippen molar-refractivity contribution in [2.24, 2.45) is 0 Å². The van der Waals surface area contributed by atoms with Crippen molar-refractivity contribution < 1.29 is 0 Å². The van der Waals surface area contributed by atoms with E-state index in [4.69, 9.17) is 5.26 Å². The van der Waals surface area contributed by atoms with Crippen LogP contribution in [0.1, 0.15) is 37.3 Å². The van der Waals surface area contributed by atoms with E-state index in [9.17, 15) is 0 Å². The highest BCUT2D eigenvalue weighted by Gasteiger charge is 2.24. The first-order valence-corrected chi connectivity index (χ1v) is 7.17. The molecular weight excluding hydrogens is 234 g/mol. The highest BCUT2D eigenvalue weighted by molar-refractivity contribution is 5.20. The molecule has 0 aromatic heterocycles. The van der Waals surface area contributed by atoms with Gasteiger partial charge < -0.3 is 5.32 Å². The van der Waals surface area contributed by atoms with Gasteiger partial charge in [-0.2, -0.15) is 5.26 Å². The summed E-state index contributed by atoms with van der Waals surface area (Å²) in [5, 5.41) is 12.6. The van der Waals surface area contributed by atoms with E-state index in [2.05, 4.69) is 47.6 Å². The van der Waals surface area contributed by atoms with Crippen molar-refractivity contribution in [2.75, 3.05) is 20.1 Å². The fourth-order valence-electron chi connectivity index (χ4n) is 2.92. The van der Waals surface area contributed by atoms with Crippen molar-refractivity contribution in [3.63, 3.8) is 0 Å². The van der Waals surface area contributed by atoms with E-state index < -0.39 is 0 Å². The average Bonchev–Trinajstić information content (AvgIpc) is 2.74. The van der Waals surface area contributed by atoms with Crippen molar-refractivity contribution in [3.05, 3.63) is 35.9 Å². The van der Waals surface area contributed by atoms with Crippen molar-refractivity contribution in [1.29, 1.82) is 5.26 Å². The van der Waals surface area contributed by atoms with Gasteiger partial charge in [-0.1, -0.05) is 30.3 Å². The van der Waals surface area contributed by atoms with Crippen LogP contribution in [0.15, 0.2) is 30.3 Å². The molecule has 3 nitrogen and oxygen atoms in total. The molecule has 1 saturated heterocycles. The SMILES string of the molecule is CN(C1CCCNCC1)C(CC#N)c1ccccc1. The van der Waals surface area contributed by atoms with Crippen LogP contribution in [0.25, 0.3) is 0 Å². The normalized spacial score (nSPS) is 21.6. The van der Waals surface area contributed by atoms with E-state index in [1.54, 1.807) is 0 Å². The molecule has 0 radical (unpaired) electrons. The van der Waals surface area contributed by atoms with Gasteiger partial charge in [-0.3, -0.25) is 4.90 Å². The molecule has 0 bridgehead atoms. The lowest BCUT2D eigenvalue weighted by Crippen LogP contribution is -2.35. The molecule has 3 heteroatoms. The molecule has 0 spiro atoms. The van der Waals surface area contributed by atoms with Crippen molar-refractivity contribution >= 4 is 0 Å². The Morgan fingerprint density at radius 1 is 1.32 bits per heavy atom. The summed E-state index contributed by atoms with van der Waals surface area (Å²) in [4.78, 5) is 2.41. The van der Waals surface area contributed by atoms with Crippen LogP contribution < -0.4 is 5.32 Å². The van der Waals surface area contributed by atoms with Gasteiger partial charge in [0.1, 0.15) is 0 Å². The van der Waals surface area contributed by atoms with Gasteiger partial charge in [-0.05, 0) is 45.0 Å².